The van der Waals surface area contributed by atoms with E-state index in [0.717, 1.165) is 29.5 Å². The first-order chi connectivity index (χ1) is 11.4. The van der Waals surface area contributed by atoms with Crippen molar-refractivity contribution in [1.29, 1.82) is 0 Å². The van der Waals surface area contributed by atoms with Crippen LogP contribution >= 0.6 is 0 Å². The first-order valence-corrected chi connectivity index (χ1v) is 9.51. The zero-order valence-corrected chi connectivity index (χ0v) is 14.4. The van der Waals surface area contributed by atoms with Crippen LogP contribution in [0.5, 0.6) is 0 Å². The summed E-state index contributed by atoms with van der Waals surface area (Å²) in [6, 6.07) is 12.4. The van der Waals surface area contributed by atoms with Crippen LogP contribution in [0.4, 0.5) is 0 Å². The minimum atomic E-state index is -3.21. The van der Waals surface area contributed by atoms with Gasteiger partial charge in [0.15, 0.2) is 9.84 Å². The molecular weight excluding hydrogens is 324 g/mol. The highest BCUT2D eigenvalue weighted by Gasteiger charge is 2.17. The molecule has 0 saturated heterocycles. The summed E-state index contributed by atoms with van der Waals surface area (Å²) in [5.74, 6) is -0.366. The normalized spacial score (nSPS) is 13.8. The third-order valence-corrected chi connectivity index (χ3v) is 5.31. The summed E-state index contributed by atoms with van der Waals surface area (Å²) in [5.41, 5.74) is 4.63. The minimum Gasteiger partial charge on any atom is -0.465 e. The summed E-state index contributed by atoms with van der Waals surface area (Å²) in [5, 5.41) is 0. The van der Waals surface area contributed by atoms with Gasteiger partial charge in [-0.1, -0.05) is 24.3 Å². The second-order valence-electron chi connectivity index (χ2n) is 5.82. The molecule has 4 nitrogen and oxygen atoms in total. The van der Waals surface area contributed by atoms with E-state index >= 15 is 0 Å². The zero-order valence-electron chi connectivity index (χ0n) is 13.6. The second kappa shape index (κ2) is 6.24. The highest BCUT2D eigenvalue weighted by atomic mass is 32.2. The van der Waals surface area contributed by atoms with Gasteiger partial charge in [-0.25, -0.2) is 13.2 Å². The lowest BCUT2D eigenvalue weighted by Crippen LogP contribution is -2.06. The number of carbonyl (C=O) groups excluding carboxylic acids is 1. The van der Waals surface area contributed by atoms with Gasteiger partial charge >= 0.3 is 5.97 Å². The number of ether oxygens (including phenoxy) is 1. The number of hydrogen-bond acceptors (Lipinski definition) is 4. The molecule has 0 saturated carbocycles. The largest absolute Gasteiger partial charge is 0.465 e. The van der Waals surface area contributed by atoms with Gasteiger partial charge in [-0.05, 0) is 59.4 Å². The summed E-state index contributed by atoms with van der Waals surface area (Å²) >= 11 is 0. The van der Waals surface area contributed by atoms with E-state index < -0.39 is 9.84 Å². The van der Waals surface area contributed by atoms with E-state index in [1.54, 1.807) is 18.2 Å². The first kappa shape index (κ1) is 16.5. The van der Waals surface area contributed by atoms with Crippen molar-refractivity contribution in [2.45, 2.75) is 17.7 Å². The van der Waals surface area contributed by atoms with Crippen LogP contribution in [0.3, 0.4) is 0 Å². The molecule has 0 fully saturated rings. The number of sulfone groups is 1. The Hall–Kier alpha value is -2.40. The Bertz CT molecular complexity index is 922. The molecular formula is C19H18O4S. The van der Waals surface area contributed by atoms with Crippen molar-refractivity contribution in [1.82, 2.24) is 0 Å². The lowest BCUT2D eigenvalue weighted by Gasteiger charge is -2.19. The van der Waals surface area contributed by atoms with Gasteiger partial charge in [0.25, 0.3) is 0 Å². The Morgan fingerprint density at radius 2 is 1.79 bits per heavy atom. The van der Waals surface area contributed by atoms with E-state index in [1.807, 2.05) is 24.3 Å². The molecule has 0 bridgehead atoms. The fraction of sp³-hybridized carbons (Fsp3) is 0.211. The van der Waals surface area contributed by atoms with Crippen LogP contribution in [0.2, 0.25) is 0 Å². The fourth-order valence-electron chi connectivity index (χ4n) is 2.93. The number of hydrogen-bond donors (Lipinski definition) is 0. The Morgan fingerprint density at radius 3 is 2.42 bits per heavy atom. The quantitative estimate of drug-likeness (QED) is 0.803. The van der Waals surface area contributed by atoms with E-state index in [9.17, 15) is 13.2 Å². The van der Waals surface area contributed by atoms with Gasteiger partial charge in [0, 0.05) is 6.26 Å². The summed E-state index contributed by atoms with van der Waals surface area (Å²) < 4.78 is 28.0. The van der Waals surface area contributed by atoms with Gasteiger partial charge in [-0.2, -0.15) is 0 Å². The van der Waals surface area contributed by atoms with Crippen molar-refractivity contribution in [3.63, 3.8) is 0 Å². The maximum atomic E-state index is 11.8. The number of carbonyl (C=O) groups is 1. The fourth-order valence-corrected chi connectivity index (χ4v) is 3.56. The van der Waals surface area contributed by atoms with Gasteiger partial charge in [-0.3, -0.25) is 0 Å². The molecule has 124 valence electrons. The van der Waals surface area contributed by atoms with Crippen molar-refractivity contribution in [3.05, 3.63) is 70.8 Å². The van der Waals surface area contributed by atoms with Crippen LogP contribution in [0.1, 0.15) is 33.5 Å². The number of benzene rings is 2. The van der Waals surface area contributed by atoms with E-state index in [1.165, 1.54) is 18.9 Å². The van der Waals surface area contributed by atoms with Gasteiger partial charge < -0.3 is 4.74 Å². The average molecular weight is 342 g/mol. The van der Waals surface area contributed by atoms with E-state index in [-0.39, 0.29) is 5.97 Å². The summed E-state index contributed by atoms with van der Waals surface area (Å²) in [4.78, 5) is 12.1. The molecule has 0 amide bonds. The van der Waals surface area contributed by atoms with Gasteiger partial charge in [-0.15, -0.1) is 0 Å². The zero-order chi connectivity index (χ0) is 17.3. The maximum Gasteiger partial charge on any atom is 0.337 e. The molecule has 0 aliphatic heterocycles. The molecule has 2 aromatic carbocycles. The molecule has 0 aromatic heterocycles. The Labute approximate surface area is 141 Å². The number of aryl methyl sites for hydroxylation is 1. The number of fused-ring (bicyclic) bond motifs is 1. The third kappa shape index (κ3) is 3.12. The number of allylic oxidation sites excluding steroid dienone is 1. The van der Waals surface area contributed by atoms with Crippen molar-refractivity contribution in [2.75, 3.05) is 13.4 Å². The molecule has 0 N–H and O–H groups in total. The molecule has 5 heteroatoms. The molecule has 0 unspecified atom stereocenters. The van der Waals surface area contributed by atoms with Crippen LogP contribution < -0.4 is 0 Å². The third-order valence-electron chi connectivity index (χ3n) is 4.18. The molecule has 0 atom stereocenters. The predicted octanol–water partition coefficient (Wildman–Crippen LogP) is 3.25. The summed E-state index contributed by atoms with van der Waals surface area (Å²) in [6.45, 7) is 0. The SMILES string of the molecule is COC(=O)c1ccc2c(c1)C(c1ccc(S(C)(=O)=O)cc1)=CCC2. The van der Waals surface area contributed by atoms with Gasteiger partial charge in [0.1, 0.15) is 0 Å². The van der Waals surface area contributed by atoms with Gasteiger partial charge in [0.05, 0.1) is 17.6 Å². The van der Waals surface area contributed by atoms with Crippen LogP contribution in [-0.4, -0.2) is 27.8 Å². The number of esters is 1. The molecule has 1 aliphatic rings. The molecule has 2 aromatic rings. The van der Waals surface area contributed by atoms with Crippen LogP contribution in [0, 0.1) is 0 Å². The standard InChI is InChI=1S/C19H18O4S/c1-23-19(20)15-7-6-13-4-3-5-17(18(13)12-15)14-8-10-16(11-9-14)24(2,21)22/h5-12H,3-4H2,1-2H3. The van der Waals surface area contributed by atoms with Crippen LogP contribution in [0.15, 0.2) is 53.4 Å². The Morgan fingerprint density at radius 1 is 1.08 bits per heavy atom. The van der Waals surface area contributed by atoms with Crippen molar-refractivity contribution < 1.29 is 17.9 Å². The van der Waals surface area contributed by atoms with Crippen molar-refractivity contribution >= 4 is 21.4 Å². The average Bonchev–Trinajstić information content (AvgIpc) is 2.59. The topological polar surface area (TPSA) is 60.4 Å². The number of rotatable bonds is 3. The highest BCUT2D eigenvalue weighted by molar-refractivity contribution is 7.90. The monoisotopic (exact) mass is 342 g/mol. The van der Waals surface area contributed by atoms with Crippen LogP contribution in [0.25, 0.3) is 5.57 Å². The molecule has 3 rings (SSSR count). The van der Waals surface area contributed by atoms with E-state index in [2.05, 4.69) is 6.08 Å². The first-order valence-electron chi connectivity index (χ1n) is 7.62. The Kier molecular flexibility index (Phi) is 4.28. The highest BCUT2D eigenvalue weighted by Crippen LogP contribution is 2.33. The second-order valence-corrected chi connectivity index (χ2v) is 7.83. The van der Waals surface area contributed by atoms with Crippen molar-refractivity contribution in [2.24, 2.45) is 0 Å². The van der Waals surface area contributed by atoms with E-state index in [4.69, 9.17) is 4.74 Å². The Balaban J connectivity index is 2.05. The summed E-state index contributed by atoms with van der Waals surface area (Å²) in [6.07, 6.45) is 5.15. The smallest absolute Gasteiger partial charge is 0.337 e. The lowest BCUT2D eigenvalue weighted by atomic mass is 9.86. The minimum absolute atomic E-state index is 0.297. The molecule has 1 aliphatic carbocycles. The molecule has 24 heavy (non-hydrogen) atoms. The lowest BCUT2D eigenvalue weighted by molar-refractivity contribution is 0.0600. The maximum absolute atomic E-state index is 11.8. The predicted molar refractivity (Wildman–Crippen MR) is 92.7 cm³/mol. The molecule has 0 radical (unpaired) electrons. The van der Waals surface area contributed by atoms with Crippen LogP contribution in [-0.2, 0) is 21.0 Å². The van der Waals surface area contributed by atoms with Gasteiger partial charge in [0.2, 0.25) is 0 Å². The number of methoxy groups -OCH3 is 1. The molecule has 0 heterocycles. The van der Waals surface area contributed by atoms with Crippen molar-refractivity contribution in [3.8, 4) is 0 Å². The summed E-state index contributed by atoms with van der Waals surface area (Å²) in [7, 11) is -1.85. The van der Waals surface area contributed by atoms with E-state index in [0.29, 0.717) is 10.5 Å². The molecule has 0 spiro atoms.